The predicted molar refractivity (Wildman–Crippen MR) is 75.4 cm³/mol. The molecule has 20 heavy (non-hydrogen) atoms. The number of aryl methyl sites for hydroxylation is 1. The van der Waals surface area contributed by atoms with Gasteiger partial charge in [0.1, 0.15) is 6.04 Å². The molecule has 0 aliphatic carbocycles. The largest absolute Gasteiger partial charge is 0.294 e. The van der Waals surface area contributed by atoms with Crippen molar-refractivity contribution in [3.8, 4) is 0 Å². The average Bonchev–Trinajstić information content (AvgIpc) is 2.36. The Hall–Kier alpha value is -1.25. The minimum atomic E-state index is -3.91. The van der Waals surface area contributed by atoms with E-state index in [9.17, 15) is 18.0 Å². The van der Waals surface area contributed by atoms with Gasteiger partial charge in [0, 0.05) is 4.47 Å². The lowest BCUT2D eigenvalue weighted by atomic mass is 10.2. The molecule has 8 heteroatoms. The highest BCUT2D eigenvalue weighted by Crippen LogP contribution is 2.25. The molecule has 6 nitrogen and oxygen atoms in total. The van der Waals surface area contributed by atoms with E-state index in [0.29, 0.717) is 10.0 Å². The zero-order valence-electron chi connectivity index (χ0n) is 10.9. The fraction of sp³-hybridized carbons (Fsp3) is 0.333. The summed E-state index contributed by atoms with van der Waals surface area (Å²) in [5.74, 6) is -1.23. The third-order valence-electron chi connectivity index (χ3n) is 3.11. The van der Waals surface area contributed by atoms with E-state index in [1.54, 1.807) is 19.1 Å². The Bertz CT molecular complexity index is 687. The molecule has 1 saturated heterocycles. The summed E-state index contributed by atoms with van der Waals surface area (Å²) in [5.41, 5.74) is 0.554. The van der Waals surface area contributed by atoms with Crippen molar-refractivity contribution >= 4 is 37.8 Å². The van der Waals surface area contributed by atoms with Crippen molar-refractivity contribution in [2.75, 3.05) is 6.54 Å². The van der Waals surface area contributed by atoms with Crippen molar-refractivity contribution in [3.63, 3.8) is 0 Å². The lowest BCUT2D eigenvalue weighted by molar-refractivity contribution is -0.136. The SMILES string of the molecule is Cc1ccc(Br)cc1S(=O)(=O)N1CC(=O)NC(=O)C1C. The summed E-state index contributed by atoms with van der Waals surface area (Å²) in [7, 11) is -3.91. The second-order valence-electron chi connectivity index (χ2n) is 4.55. The number of hydrogen-bond donors (Lipinski definition) is 1. The summed E-state index contributed by atoms with van der Waals surface area (Å²) in [6.45, 7) is 2.75. The molecule has 1 aromatic carbocycles. The lowest BCUT2D eigenvalue weighted by Gasteiger charge is -2.31. The number of rotatable bonds is 2. The van der Waals surface area contributed by atoms with E-state index in [2.05, 4.69) is 21.2 Å². The minimum absolute atomic E-state index is 0.0845. The molecule has 0 aromatic heterocycles. The molecule has 1 aliphatic rings. The highest BCUT2D eigenvalue weighted by Gasteiger charge is 2.39. The second kappa shape index (κ2) is 5.27. The summed E-state index contributed by atoms with van der Waals surface area (Å²) >= 11 is 3.22. The van der Waals surface area contributed by atoms with Gasteiger partial charge in [-0.3, -0.25) is 14.9 Å². The van der Waals surface area contributed by atoms with Gasteiger partial charge in [0.15, 0.2) is 0 Å². The molecule has 0 spiro atoms. The minimum Gasteiger partial charge on any atom is -0.294 e. The first kappa shape index (κ1) is 15.1. The van der Waals surface area contributed by atoms with Gasteiger partial charge in [-0.25, -0.2) is 8.42 Å². The van der Waals surface area contributed by atoms with Gasteiger partial charge < -0.3 is 0 Å². The van der Waals surface area contributed by atoms with E-state index in [1.165, 1.54) is 13.0 Å². The molecule has 1 aromatic rings. The smallest absolute Gasteiger partial charge is 0.244 e. The van der Waals surface area contributed by atoms with Crippen LogP contribution in [-0.4, -0.2) is 37.1 Å². The molecule has 2 rings (SSSR count). The van der Waals surface area contributed by atoms with Crippen molar-refractivity contribution in [3.05, 3.63) is 28.2 Å². The van der Waals surface area contributed by atoms with Gasteiger partial charge in [-0.1, -0.05) is 22.0 Å². The van der Waals surface area contributed by atoms with Crippen molar-refractivity contribution in [1.29, 1.82) is 0 Å². The van der Waals surface area contributed by atoms with Crippen LogP contribution in [0.2, 0.25) is 0 Å². The summed E-state index contributed by atoms with van der Waals surface area (Å²) in [6.07, 6.45) is 0. The molecule has 1 aliphatic heterocycles. The van der Waals surface area contributed by atoms with Crippen LogP contribution in [0.4, 0.5) is 0 Å². The van der Waals surface area contributed by atoms with Crippen LogP contribution in [0.15, 0.2) is 27.6 Å². The zero-order valence-corrected chi connectivity index (χ0v) is 13.3. The standard InChI is InChI=1S/C12H13BrN2O4S/c1-7-3-4-9(13)5-10(7)20(18,19)15-6-11(16)14-12(17)8(15)2/h3-5,8H,6H2,1-2H3,(H,14,16,17). The third-order valence-corrected chi connectivity index (χ3v) is 5.66. The number of hydrogen-bond acceptors (Lipinski definition) is 4. The average molecular weight is 361 g/mol. The summed E-state index contributed by atoms with van der Waals surface area (Å²) in [4.78, 5) is 23.1. The third kappa shape index (κ3) is 2.63. The number of amides is 2. The quantitative estimate of drug-likeness (QED) is 0.790. The Morgan fingerprint density at radius 2 is 2.00 bits per heavy atom. The number of halogens is 1. The van der Waals surface area contributed by atoms with E-state index in [4.69, 9.17) is 0 Å². The predicted octanol–water partition coefficient (Wildman–Crippen LogP) is 0.793. The second-order valence-corrected chi connectivity index (χ2v) is 7.32. The monoisotopic (exact) mass is 360 g/mol. The Morgan fingerprint density at radius 3 is 2.65 bits per heavy atom. The topological polar surface area (TPSA) is 83.6 Å². The fourth-order valence-corrected chi connectivity index (χ4v) is 4.28. The maximum Gasteiger partial charge on any atom is 0.244 e. The van der Waals surface area contributed by atoms with Crippen LogP contribution in [-0.2, 0) is 19.6 Å². The highest BCUT2D eigenvalue weighted by molar-refractivity contribution is 9.10. The maximum atomic E-state index is 12.6. The van der Waals surface area contributed by atoms with Gasteiger partial charge in [-0.2, -0.15) is 4.31 Å². The van der Waals surface area contributed by atoms with Crippen molar-refractivity contribution < 1.29 is 18.0 Å². The molecule has 0 bridgehead atoms. The molecule has 0 radical (unpaired) electrons. The number of nitrogens with zero attached hydrogens (tertiary/aromatic N) is 1. The van der Waals surface area contributed by atoms with E-state index >= 15 is 0 Å². The van der Waals surface area contributed by atoms with E-state index in [0.717, 1.165) is 4.31 Å². The van der Waals surface area contributed by atoms with Crippen molar-refractivity contribution in [1.82, 2.24) is 9.62 Å². The molecule has 1 heterocycles. The summed E-state index contributed by atoms with van der Waals surface area (Å²) in [5, 5.41) is 2.12. The Balaban J connectivity index is 2.51. The van der Waals surface area contributed by atoms with Crippen LogP contribution in [0.25, 0.3) is 0 Å². The lowest BCUT2D eigenvalue weighted by Crippen LogP contribution is -2.58. The van der Waals surface area contributed by atoms with Gasteiger partial charge >= 0.3 is 0 Å². The van der Waals surface area contributed by atoms with Crippen LogP contribution in [0.5, 0.6) is 0 Å². The highest BCUT2D eigenvalue weighted by atomic mass is 79.9. The Kier molecular flexibility index (Phi) is 3.99. The van der Waals surface area contributed by atoms with E-state index in [1.807, 2.05) is 0 Å². The van der Waals surface area contributed by atoms with Crippen LogP contribution >= 0.6 is 15.9 Å². The fourth-order valence-electron chi connectivity index (χ4n) is 1.96. The van der Waals surface area contributed by atoms with Gasteiger partial charge in [0.2, 0.25) is 21.8 Å². The number of benzene rings is 1. The molecule has 108 valence electrons. The Morgan fingerprint density at radius 1 is 1.35 bits per heavy atom. The van der Waals surface area contributed by atoms with Crippen LogP contribution in [0.1, 0.15) is 12.5 Å². The normalized spacial score (nSPS) is 20.9. The summed E-state index contributed by atoms with van der Waals surface area (Å²) < 4.78 is 26.8. The molecule has 1 N–H and O–H groups in total. The maximum absolute atomic E-state index is 12.6. The number of carbonyl (C=O) groups is 2. The Labute approximate surface area is 125 Å². The molecule has 2 amide bonds. The molecule has 0 saturated carbocycles. The van der Waals surface area contributed by atoms with Gasteiger partial charge in [-0.15, -0.1) is 0 Å². The number of imide groups is 1. The first-order chi connectivity index (χ1) is 9.23. The van der Waals surface area contributed by atoms with E-state index in [-0.39, 0.29) is 11.4 Å². The molecule has 1 unspecified atom stereocenters. The van der Waals surface area contributed by atoms with Crippen LogP contribution < -0.4 is 5.32 Å². The molecule has 1 atom stereocenters. The first-order valence-corrected chi connectivity index (χ1v) is 8.08. The van der Waals surface area contributed by atoms with Crippen molar-refractivity contribution in [2.45, 2.75) is 24.8 Å². The van der Waals surface area contributed by atoms with E-state index < -0.39 is 27.9 Å². The number of piperazine rings is 1. The molecular formula is C12H13BrN2O4S. The molecular weight excluding hydrogens is 348 g/mol. The first-order valence-electron chi connectivity index (χ1n) is 5.85. The van der Waals surface area contributed by atoms with Crippen LogP contribution in [0, 0.1) is 6.92 Å². The summed E-state index contributed by atoms with van der Waals surface area (Å²) in [6, 6.07) is 3.93. The van der Waals surface area contributed by atoms with Gasteiger partial charge in [0.25, 0.3) is 0 Å². The zero-order chi connectivity index (χ0) is 15.1. The van der Waals surface area contributed by atoms with Crippen molar-refractivity contribution in [2.24, 2.45) is 0 Å². The van der Waals surface area contributed by atoms with Gasteiger partial charge in [0.05, 0.1) is 11.4 Å². The number of sulfonamides is 1. The van der Waals surface area contributed by atoms with Crippen LogP contribution in [0.3, 0.4) is 0 Å². The van der Waals surface area contributed by atoms with Gasteiger partial charge in [-0.05, 0) is 31.5 Å². The number of carbonyl (C=O) groups excluding carboxylic acids is 2. The number of nitrogens with one attached hydrogen (secondary N) is 1. The molecule has 1 fully saturated rings.